The number of alkyl halides is 1. The number of carbonyl (C=O) groups excluding carboxylic acids is 1. The third-order valence-corrected chi connectivity index (χ3v) is 2.85. The molecule has 0 atom stereocenters. The molecule has 0 unspecified atom stereocenters. The first kappa shape index (κ1) is 12.3. The molecule has 0 radical (unpaired) electrons. The van der Waals surface area contributed by atoms with E-state index in [4.69, 9.17) is 23.2 Å². The largest absolute Gasteiger partial charge is 0.469 e. The summed E-state index contributed by atoms with van der Waals surface area (Å²) in [6.45, 7) is 1.92. The lowest BCUT2D eigenvalue weighted by atomic mass is 10.0. The van der Waals surface area contributed by atoms with Gasteiger partial charge in [-0.25, -0.2) is 0 Å². The van der Waals surface area contributed by atoms with Gasteiger partial charge in [-0.1, -0.05) is 17.7 Å². The van der Waals surface area contributed by atoms with Gasteiger partial charge in [0.1, 0.15) is 0 Å². The van der Waals surface area contributed by atoms with Crippen molar-refractivity contribution in [2.75, 3.05) is 7.11 Å². The molecule has 82 valence electrons. The minimum atomic E-state index is -0.271. The standard InChI is InChI=1S/C11H12Cl2O2/c1-7-3-9(6-12)10(13)4-8(7)5-11(14)15-2/h3-4H,5-6H2,1-2H3. The van der Waals surface area contributed by atoms with Crippen LogP contribution in [0.5, 0.6) is 0 Å². The topological polar surface area (TPSA) is 26.3 Å². The molecule has 1 aromatic carbocycles. The fourth-order valence-corrected chi connectivity index (χ4v) is 1.85. The van der Waals surface area contributed by atoms with Gasteiger partial charge in [0.05, 0.1) is 13.5 Å². The smallest absolute Gasteiger partial charge is 0.309 e. The van der Waals surface area contributed by atoms with Crippen molar-refractivity contribution in [1.29, 1.82) is 0 Å². The Morgan fingerprint density at radius 3 is 2.60 bits per heavy atom. The van der Waals surface area contributed by atoms with Crippen molar-refractivity contribution in [2.45, 2.75) is 19.2 Å². The van der Waals surface area contributed by atoms with Crippen LogP contribution in [0.15, 0.2) is 12.1 Å². The lowest BCUT2D eigenvalue weighted by Crippen LogP contribution is -2.06. The first-order chi connectivity index (χ1) is 7.08. The fraction of sp³-hybridized carbons (Fsp3) is 0.364. The minimum absolute atomic E-state index is 0.241. The Morgan fingerprint density at radius 2 is 2.07 bits per heavy atom. The maximum atomic E-state index is 11.1. The van der Waals surface area contributed by atoms with Crippen molar-refractivity contribution in [3.05, 3.63) is 33.8 Å². The maximum absolute atomic E-state index is 11.1. The zero-order valence-corrected chi connectivity index (χ0v) is 10.2. The normalized spacial score (nSPS) is 10.1. The van der Waals surface area contributed by atoms with E-state index in [0.717, 1.165) is 16.7 Å². The molecule has 15 heavy (non-hydrogen) atoms. The van der Waals surface area contributed by atoms with Gasteiger partial charge in [0, 0.05) is 10.9 Å². The molecule has 0 N–H and O–H groups in total. The summed E-state index contributed by atoms with van der Waals surface area (Å²) in [7, 11) is 1.37. The van der Waals surface area contributed by atoms with E-state index in [-0.39, 0.29) is 12.4 Å². The Morgan fingerprint density at radius 1 is 1.40 bits per heavy atom. The second kappa shape index (κ2) is 5.38. The third-order valence-electron chi connectivity index (χ3n) is 2.21. The Bertz CT molecular complexity index is 375. The molecule has 0 spiro atoms. The molecule has 0 aliphatic carbocycles. The molecule has 0 fully saturated rings. The van der Waals surface area contributed by atoms with E-state index >= 15 is 0 Å². The summed E-state index contributed by atoms with van der Waals surface area (Å²) in [5.41, 5.74) is 2.76. The molecule has 0 aliphatic rings. The summed E-state index contributed by atoms with van der Waals surface area (Å²) in [5, 5.41) is 0.592. The summed E-state index contributed by atoms with van der Waals surface area (Å²) in [5.74, 6) is 0.103. The van der Waals surface area contributed by atoms with Gasteiger partial charge in [0.2, 0.25) is 0 Å². The Balaban J connectivity index is 3.00. The summed E-state index contributed by atoms with van der Waals surface area (Å²) in [6.07, 6.45) is 0.241. The van der Waals surface area contributed by atoms with Crippen LogP contribution in [-0.2, 0) is 21.8 Å². The van der Waals surface area contributed by atoms with Gasteiger partial charge < -0.3 is 4.74 Å². The number of esters is 1. The number of ether oxygens (including phenoxy) is 1. The van der Waals surface area contributed by atoms with E-state index in [1.54, 1.807) is 6.07 Å². The summed E-state index contributed by atoms with van der Waals surface area (Å²) in [4.78, 5) is 11.1. The number of benzene rings is 1. The molecule has 0 saturated heterocycles. The van der Waals surface area contributed by atoms with E-state index in [0.29, 0.717) is 10.9 Å². The molecular formula is C11H12Cl2O2. The summed E-state index contributed by atoms with van der Waals surface area (Å²) < 4.78 is 4.60. The zero-order chi connectivity index (χ0) is 11.4. The van der Waals surface area contributed by atoms with Gasteiger partial charge in [-0.2, -0.15) is 0 Å². The maximum Gasteiger partial charge on any atom is 0.309 e. The van der Waals surface area contributed by atoms with Crippen LogP contribution in [0.2, 0.25) is 5.02 Å². The van der Waals surface area contributed by atoms with Crippen molar-refractivity contribution in [2.24, 2.45) is 0 Å². The van der Waals surface area contributed by atoms with Crippen molar-refractivity contribution in [3.8, 4) is 0 Å². The summed E-state index contributed by atoms with van der Waals surface area (Å²) >= 11 is 11.7. The second-order valence-electron chi connectivity index (χ2n) is 3.26. The van der Waals surface area contributed by atoms with Crippen LogP contribution in [0.3, 0.4) is 0 Å². The number of aryl methyl sites for hydroxylation is 1. The van der Waals surface area contributed by atoms with Crippen molar-refractivity contribution in [1.82, 2.24) is 0 Å². The highest BCUT2D eigenvalue weighted by Gasteiger charge is 2.09. The molecule has 0 amide bonds. The number of methoxy groups -OCH3 is 1. The van der Waals surface area contributed by atoms with E-state index < -0.39 is 0 Å². The minimum Gasteiger partial charge on any atom is -0.469 e. The molecule has 0 heterocycles. The predicted octanol–water partition coefficient (Wildman–Crippen LogP) is 3.10. The third kappa shape index (κ3) is 3.11. The second-order valence-corrected chi connectivity index (χ2v) is 3.93. The van der Waals surface area contributed by atoms with Gasteiger partial charge in [-0.05, 0) is 29.7 Å². The van der Waals surface area contributed by atoms with Crippen LogP contribution in [0.1, 0.15) is 16.7 Å². The van der Waals surface area contributed by atoms with Gasteiger partial charge in [0.25, 0.3) is 0 Å². The zero-order valence-electron chi connectivity index (χ0n) is 8.64. The van der Waals surface area contributed by atoms with Crippen LogP contribution >= 0.6 is 23.2 Å². The monoisotopic (exact) mass is 246 g/mol. The molecule has 0 bridgehead atoms. The molecule has 4 heteroatoms. The number of rotatable bonds is 3. The van der Waals surface area contributed by atoms with E-state index in [1.165, 1.54) is 7.11 Å². The highest BCUT2D eigenvalue weighted by atomic mass is 35.5. The predicted molar refractivity (Wildman–Crippen MR) is 61.5 cm³/mol. The SMILES string of the molecule is COC(=O)Cc1cc(Cl)c(CCl)cc1C. The van der Waals surface area contributed by atoms with Crippen LogP contribution < -0.4 is 0 Å². The van der Waals surface area contributed by atoms with E-state index in [1.807, 2.05) is 13.0 Å². The molecule has 2 nitrogen and oxygen atoms in total. The van der Waals surface area contributed by atoms with Crippen molar-refractivity contribution in [3.63, 3.8) is 0 Å². The fourth-order valence-electron chi connectivity index (χ4n) is 1.30. The number of hydrogen-bond acceptors (Lipinski definition) is 2. The van der Waals surface area contributed by atoms with Crippen LogP contribution in [-0.4, -0.2) is 13.1 Å². The van der Waals surface area contributed by atoms with Gasteiger partial charge in [-0.3, -0.25) is 4.79 Å². The number of hydrogen-bond donors (Lipinski definition) is 0. The molecule has 0 aliphatic heterocycles. The molecule has 1 aromatic rings. The Hall–Kier alpha value is -0.730. The quantitative estimate of drug-likeness (QED) is 0.606. The van der Waals surface area contributed by atoms with Crippen molar-refractivity contribution < 1.29 is 9.53 Å². The first-order valence-electron chi connectivity index (χ1n) is 4.49. The highest BCUT2D eigenvalue weighted by molar-refractivity contribution is 6.32. The summed E-state index contributed by atoms with van der Waals surface area (Å²) in [6, 6.07) is 3.67. The number of halogens is 2. The van der Waals surface area contributed by atoms with Crippen LogP contribution in [0.4, 0.5) is 0 Å². The number of carbonyl (C=O) groups is 1. The molecular weight excluding hydrogens is 235 g/mol. The first-order valence-corrected chi connectivity index (χ1v) is 5.40. The Labute approximate surface area is 99.1 Å². The lowest BCUT2D eigenvalue weighted by molar-refractivity contribution is -0.139. The average molecular weight is 247 g/mol. The van der Waals surface area contributed by atoms with Crippen LogP contribution in [0.25, 0.3) is 0 Å². The van der Waals surface area contributed by atoms with E-state index in [9.17, 15) is 4.79 Å². The van der Waals surface area contributed by atoms with Gasteiger partial charge in [-0.15, -0.1) is 11.6 Å². The average Bonchev–Trinajstić information content (AvgIpc) is 2.22. The Kier molecular flexibility index (Phi) is 4.43. The van der Waals surface area contributed by atoms with Gasteiger partial charge in [0.15, 0.2) is 0 Å². The van der Waals surface area contributed by atoms with Crippen LogP contribution in [0, 0.1) is 6.92 Å². The molecule has 1 rings (SSSR count). The lowest BCUT2D eigenvalue weighted by Gasteiger charge is -2.08. The molecule has 0 aromatic heterocycles. The molecule has 0 saturated carbocycles. The highest BCUT2D eigenvalue weighted by Crippen LogP contribution is 2.23. The van der Waals surface area contributed by atoms with Crippen molar-refractivity contribution >= 4 is 29.2 Å². The van der Waals surface area contributed by atoms with Gasteiger partial charge >= 0.3 is 5.97 Å². The van der Waals surface area contributed by atoms with E-state index in [2.05, 4.69) is 4.74 Å².